The van der Waals surface area contributed by atoms with Crippen molar-refractivity contribution in [1.82, 2.24) is 10.1 Å². The lowest BCUT2D eigenvalue weighted by molar-refractivity contribution is 0.207. The van der Waals surface area contributed by atoms with Crippen LogP contribution in [0.3, 0.4) is 0 Å². The fourth-order valence-electron chi connectivity index (χ4n) is 3.16. The SMILES string of the molecule is CCCOc1ccc(-c2nc(-c3cccc4c3CCN4)no2)cc1OC(N)=O. The molecule has 1 aromatic heterocycles. The second-order valence-corrected chi connectivity index (χ2v) is 6.36. The second-order valence-electron chi connectivity index (χ2n) is 6.36. The maximum atomic E-state index is 11.2. The summed E-state index contributed by atoms with van der Waals surface area (Å²) in [6.45, 7) is 3.37. The molecule has 0 aliphatic carbocycles. The summed E-state index contributed by atoms with van der Waals surface area (Å²) in [6.07, 6.45) is 0.813. The molecule has 0 saturated heterocycles. The first-order valence-corrected chi connectivity index (χ1v) is 9.10. The minimum Gasteiger partial charge on any atom is -0.490 e. The summed E-state index contributed by atoms with van der Waals surface area (Å²) < 4.78 is 16.1. The molecule has 3 aromatic rings. The van der Waals surface area contributed by atoms with Crippen LogP contribution in [0.5, 0.6) is 11.5 Å². The molecule has 0 spiro atoms. The molecule has 1 aliphatic rings. The molecule has 144 valence electrons. The Kier molecular flexibility index (Phi) is 4.84. The van der Waals surface area contributed by atoms with Crippen LogP contribution in [0.2, 0.25) is 0 Å². The minimum absolute atomic E-state index is 0.211. The Hall–Kier alpha value is -3.55. The van der Waals surface area contributed by atoms with Gasteiger partial charge in [0.1, 0.15) is 0 Å². The second kappa shape index (κ2) is 7.59. The number of fused-ring (bicyclic) bond motifs is 1. The van der Waals surface area contributed by atoms with E-state index in [4.69, 9.17) is 19.7 Å². The number of hydrogen-bond donors (Lipinski definition) is 2. The number of aromatic nitrogens is 2. The summed E-state index contributed by atoms with van der Waals surface area (Å²) in [4.78, 5) is 15.7. The number of rotatable bonds is 6. The standard InChI is InChI=1S/C20H20N4O4/c1-2-10-26-16-7-6-12(11-17(16)27-20(21)25)19-23-18(24-28-19)14-4-3-5-15-13(14)8-9-22-15/h3-7,11,22H,2,8-10H2,1H3,(H2,21,25). The summed E-state index contributed by atoms with van der Waals surface area (Å²) in [7, 11) is 0. The number of primary amides is 1. The van der Waals surface area contributed by atoms with Crippen molar-refractivity contribution in [3.8, 4) is 34.3 Å². The van der Waals surface area contributed by atoms with Crippen molar-refractivity contribution < 1.29 is 18.8 Å². The van der Waals surface area contributed by atoms with Crippen LogP contribution in [0.1, 0.15) is 18.9 Å². The average molecular weight is 380 g/mol. The predicted molar refractivity (Wildman–Crippen MR) is 103 cm³/mol. The number of nitrogens with zero attached hydrogens (tertiary/aromatic N) is 2. The fraction of sp³-hybridized carbons (Fsp3) is 0.250. The molecule has 28 heavy (non-hydrogen) atoms. The van der Waals surface area contributed by atoms with Crippen LogP contribution < -0.4 is 20.5 Å². The van der Waals surface area contributed by atoms with Gasteiger partial charge in [0, 0.05) is 23.4 Å². The van der Waals surface area contributed by atoms with E-state index in [0.717, 1.165) is 30.6 Å². The molecule has 1 amide bonds. The largest absolute Gasteiger partial charge is 0.490 e. The van der Waals surface area contributed by atoms with Gasteiger partial charge >= 0.3 is 6.09 Å². The topological polar surface area (TPSA) is 112 Å². The lowest BCUT2D eigenvalue weighted by atomic mass is 10.0. The predicted octanol–water partition coefficient (Wildman–Crippen LogP) is 3.62. The number of ether oxygens (including phenoxy) is 2. The van der Waals surface area contributed by atoms with E-state index < -0.39 is 6.09 Å². The van der Waals surface area contributed by atoms with Crippen LogP contribution in [0, 0.1) is 0 Å². The van der Waals surface area contributed by atoms with E-state index in [1.807, 2.05) is 25.1 Å². The number of nitrogens with one attached hydrogen (secondary N) is 1. The number of nitrogens with two attached hydrogens (primary N) is 1. The van der Waals surface area contributed by atoms with E-state index in [1.54, 1.807) is 18.2 Å². The van der Waals surface area contributed by atoms with E-state index in [0.29, 0.717) is 29.6 Å². The van der Waals surface area contributed by atoms with Crippen molar-refractivity contribution in [2.24, 2.45) is 5.73 Å². The Balaban J connectivity index is 1.67. The zero-order chi connectivity index (χ0) is 19.5. The Morgan fingerprint density at radius 2 is 2.18 bits per heavy atom. The first-order chi connectivity index (χ1) is 13.7. The van der Waals surface area contributed by atoms with Gasteiger partial charge in [0.15, 0.2) is 11.5 Å². The molecular formula is C20H20N4O4. The van der Waals surface area contributed by atoms with E-state index in [1.165, 1.54) is 5.56 Å². The minimum atomic E-state index is -0.919. The molecule has 0 saturated carbocycles. The fourth-order valence-corrected chi connectivity index (χ4v) is 3.16. The van der Waals surface area contributed by atoms with Gasteiger partial charge in [-0.25, -0.2) is 4.79 Å². The van der Waals surface area contributed by atoms with Crippen molar-refractivity contribution in [3.05, 3.63) is 42.0 Å². The highest BCUT2D eigenvalue weighted by molar-refractivity contribution is 5.74. The van der Waals surface area contributed by atoms with Crippen molar-refractivity contribution in [1.29, 1.82) is 0 Å². The third-order valence-corrected chi connectivity index (χ3v) is 4.40. The molecule has 0 atom stereocenters. The molecule has 2 aromatic carbocycles. The van der Waals surface area contributed by atoms with Gasteiger partial charge in [0.25, 0.3) is 5.89 Å². The number of carbonyl (C=O) groups is 1. The number of carbonyl (C=O) groups excluding carboxylic acids is 1. The van der Waals surface area contributed by atoms with E-state index in [-0.39, 0.29) is 5.75 Å². The number of amides is 1. The number of hydrogen-bond acceptors (Lipinski definition) is 7. The number of anilines is 1. The van der Waals surface area contributed by atoms with Crippen molar-refractivity contribution >= 4 is 11.8 Å². The van der Waals surface area contributed by atoms with Crippen molar-refractivity contribution in [2.45, 2.75) is 19.8 Å². The third kappa shape index (κ3) is 3.48. The van der Waals surface area contributed by atoms with Gasteiger partial charge in [-0.1, -0.05) is 24.2 Å². The highest BCUT2D eigenvalue weighted by atomic mass is 16.6. The smallest absolute Gasteiger partial charge is 0.410 e. The quantitative estimate of drug-likeness (QED) is 0.671. The lowest BCUT2D eigenvalue weighted by Crippen LogP contribution is -2.17. The average Bonchev–Trinajstić information content (AvgIpc) is 3.35. The van der Waals surface area contributed by atoms with Gasteiger partial charge in [-0.2, -0.15) is 4.98 Å². The highest BCUT2D eigenvalue weighted by Gasteiger charge is 2.20. The van der Waals surface area contributed by atoms with Gasteiger partial charge in [-0.3, -0.25) is 0 Å². The Morgan fingerprint density at radius 1 is 1.29 bits per heavy atom. The molecule has 0 bridgehead atoms. The molecule has 0 radical (unpaired) electrons. The molecule has 0 unspecified atom stereocenters. The van der Waals surface area contributed by atoms with Crippen molar-refractivity contribution in [2.75, 3.05) is 18.5 Å². The van der Waals surface area contributed by atoms with Crippen LogP contribution in [-0.4, -0.2) is 29.4 Å². The summed E-state index contributed by atoms with van der Waals surface area (Å²) in [5.74, 6) is 1.47. The maximum absolute atomic E-state index is 11.2. The molecule has 3 N–H and O–H groups in total. The number of benzene rings is 2. The molecule has 1 aliphatic heterocycles. The molecule has 8 nitrogen and oxygen atoms in total. The Labute approximate surface area is 161 Å². The molecule has 4 rings (SSSR count). The zero-order valence-corrected chi connectivity index (χ0v) is 15.4. The summed E-state index contributed by atoms with van der Waals surface area (Å²) in [5.41, 5.74) is 8.98. The van der Waals surface area contributed by atoms with Crippen LogP contribution >= 0.6 is 0 Å². The van der Waals surface area contributed by atoms with Gasteiger partial charge < -0.3 is 25.0 Å². The molecule has 2 heterocycles. The summed E-state index contributed by atoms with van der Waals surface area (Å²) in [6, 6.07) is 11.0. The van der Waals surface area contributed by atoms with Gasteiger partial charge in [-0.15, -0.1) is 0 Å². The van der Waals surface area contributed by atoms with Crippen LogP contribution in [-0.2, 0) is 6.42 Å². The molecular weight excluding hydrogens is 360 g/mol. The first-order valence-electron chi connectivity index (χ1n) is 9.10. The third-order valence-electron chi connectivity index (χ3n) is 4.40. The maximum Gasteiger partial charge on any atom is 0.410 e. The monoisotopic (exact) mass is 380 g/mol. The van der Waals surface area contributed by atoms with Gasteiger partial charge in [0.2, 0.25) is 5.82 Å². The molecule has 0 fully saturated rings. The van der Waals surface area contributed by atoms with E-state index >= 15 is 0 Å². The Bertz CT molecular complexity index is 1020. The Morgan fingerprint density at radius 3 is 3.00 bits per heavy atom. The zero-order valence-electron chi connectivity index (χ0n) is 15.4. The van der Waals surface area contributed by atoms with Gasteiger partial charge in [0.05, 0.1) is 6.61 Å². The van der Waals surface area contributed by atoms with Crippen LogP contribution in [0.4, 0.5) is 10.5 Å². The van der Waals surface area contributed by atoms with Crippen molar-refractivity contribution in [3.63, 3.8) is 0 Å². The van der Waals surface area contributed by atoms with E-state index in [2.05, 4.69) is 15.5 Å². The van der Waals surface area contributed by atoms with Crippen LogP contribution in [0.15, 0.2) is 40.9 Å². The highest BCUT2D eigenvalue weighted by Crippen LogP contribution is 2.35. The summed E-state index contributed by atoms with van der Waals surface area (Å²) in [5, 5.41) is 7.46. The normalized spacial score (nSPS) is 12.3. The molecule has 8 heteroatoms. The first kappa shape index (κ1) is 17.8. The lowest BCUT2D eigenvalue weighted by Gasteiger charge is -2.10. The van der Waals surface area contributed by atoms with Crippen LogP contribution in [0.25, 0.3) is 22.8 Å². The van der Waals surface area contributed by atoms with E-state index in [9.17, 15) is 4.79 Å². The van der Waals surface area contributed by atoms with Gasteiger partial charge in [-0.05, 0) is 42.7 Å². The summed E-state index contributed by atoms with van der Waals surface area (Å²) >= 11 is 0.